The quantitative estimate of drug-likeness (QED) is 0.111. The minimum Gasteiger partial charge on any atom is -0.508 e. The average molecular weight is 587 g/mol. The van der Waals surface area contributed by atoms with Crippen molar-refractivity contribution in [1.82, 2.24) is 0 Å². The molecule has 1 N–H and O–H groups in total. The van der Waals surface area contributed by atoms with Crippen LogP contribution in [0.5, 0.6) is 23.0 Å². The Balaban J connectivity index is 1.18. The second-order valence-corrected chi connectivity index (χ2v) is 11.6. The van der Waals surface area contributed by atoms with Crippen LogP contribution in [0.2, 0.25) is 0 Å². The Kier molecular flexibility index (Phi) is 8.54. The van der Waals surface area contributed by atoms with Crippen LogP contribution in [0.25, 0.3) is 0 Å². The molecule has 6 heteroatoms. The Hall–Kier alpha value is -5.36. The second-order valence-electron chi connectivity index (χ2n) is 11.6. The molecule has 0 fully saturated rings. The molecule has 0 amide bonds. The highest BCUT2D eigenvalue weighted by Crippen LogP contribution is 2.34. The highest BCUT2D eigenvalue weighted by molar-refractivity contribution is 5.91. The topological polar surface area (TPSA) is 82.1 Å². The van der Waals surface area contributed by atoms with Crippen LogP contribution in [-0.4, -0.2) is 17.2 Å². The van der Waals surface area contributed by atoms with Gasteiger partial charge in [0.1, 0.15) is 23.0 Å². The van der Waals surface area contributed by atoms with Gasteiger partial charge in [-0.15, -0.1) is 0 Å². The van der Waals surface area contributed by atoms with Crippen molar-refractivity contribution in [2.75, 3.05) is 0 Å². The van der Waals surface area contributed by atoms with E-state index in [9.17, 15) is 14.7 Å². The first-order valence-electron chi connectivity index (χ1n) is 14.3. The van der Waals surface area contributed by atoms with E-state index in [1.807, 2.05) is 66.7 Å². The van der Waals surface area contributed by atoms with Crippen molar-refractivity contribution in [3.63, 3.8) is 0 Å². The van der Waals surface area contributed by atoms with E-state index < -0.39 is 12.1 Å². The summed E-state index contributed by atoms with van der Waals surface area (Å²) in [4.78, 5) is 25.0. The number of hydrogen-bond donors (Lipinski definition) is 1. The van der Waals surface area contributed by atoms with Gasteiger partial charge in [-0.05, 0) is 82.9 Å². The third-order valence-electron chi connectivity index (χ3n) is 7.94. The molecular formula is C38H34O6. The molecule has 222 valence electrons. The maximum absolute atomic E-state index is 12.5. The number of phenolic OH excluding ortho intramolecular Hbond substituents is 1. The fraction of sp³-hybridized carbons (Fsp3) is 0.158. The summed E-state index contributed by atoms with van der Waals surface area (Å²) in [5.74, 6) is 1.03. The van der Waals surface area contributed by atoms with Crippen LogP contribution < -0.4 is 14.2 Å². The number of aromatic hydroxyl groups is 1. The van der Waals surface area contributed by atoms with Crippen LogP contribution in [0.1, 0.15) is 60.3 Å². The summed E-state index contributed by atoms with van der Waals surface area (Å²) in [6.07, 6.45) is -0.833. The lowest BCUT2D eigenvalue weighted by atomic mass is 9.78. The Morgan fingerprint density at radius 2 is 0.841 bits per heavy atom. The summed E-state index contributed by atoms with van der Waals surface area (Å²) in [7, 11) is 0. The Morgan fingerprint density at radius 1 is 0.477 bits per heavy atom. The van der Waals surface area contributed by atoms with Crippen molar-refractivity contribution in [2.45, 2.75) is 38.5 Å². The van der Waals surface area contributed by atoms with Crippen LogP contribution in [0.4, 0.5) is 4.79 Å². The largest absolute Gasteiger partial charge is 0.519 e. The van der Waals surface area contributed by atoms with E-state index in [2.05, 4.69) is 27.7 Å². The highest BCUT2D eigenvalue weighted by atomic mass is 16.7. The van der Waals surface area contributed by atoms with E-state index in [0.717, 1.165) is 22.3 Å². The van der Waals surface area contributed by atoms with Gasteiger partial charge >= 0.3 is 12.1 Å². The smallest absolute Gasteiger partial charge is 0.508 e. The van der Waals surface area contributed by atoms with Crippen molar-refractivity contribution >= 4 is 12.1 Å². The lowest BCUT2D eigenvalue weighted by Crippen LogP contribution is -2.20. The minimum atomic E-state index is -0.833. The molecule has 5 rings (SSSR count). The molecule has 0 saturated heterocycles. The summed E-state index contributed by atoms with van der Waals surface area (Å²) in [5.41, 5.74) is 3.88. The molecule has 0 unspecified atom stereocenters. The lowest BCUT2D eigenvalue weighted by Gasteiger charge is -2.26. The number of hydrogen-bond acceptors (Lipinski definition) is 6. The molecule has 0 bridgehead atoms. The van der Waals surface area contributed by atoms with E-state index in [1.165, 1.54) is 0 Å². The van der Waals surface area contributed by atoms with Gasteiger partial charge in [0.15, 0.2) is 0 Å². The summed E-state index contributed by atoms with van der Waals surface area (Å²) >= 11 is 0. The summed E-state index contributed by atoms with van der Waals surface area (Å²) in [5, 5.41) is 9.60. The standard InChI is InChI=1S/C38H34O6/c1-37(2,27-12-10-26(11-13-27)35(40)42-32-8-6-5-7-9-32)29-16-22-33(23-17-29)43-36(41)44-34-24-18-30(19-25-34)38(3,4)28-14-20-31(39)21-15-28/h5-25,39H,1-4H3. The predicted molar refractivity (Wildman–Crippen MR) is 170 cm³/mol. The first-order valence-corrected chi connectivity index (χ1v) is 14.3. The normalized spacial score (nSPS) is 11.5. The molecular weight excluding hydrogens is 552 g/mol. The summed E-state index contributed by atoms with van der Waals surface area (Å²) < 4.78 is 16.3. The van der Waals surface area contributed by atoms with Crippen molar-refractivity contribution in [1.29, 1.82) is 0 Å². The van der Waals surface area contributed by atoms with Gasteiger partial charge in [-0.1, -0.05) is 94.4 Å². The first kappa shape index (κ1) is 30.1. The lowest BCUT2D eigenvalue weighted by molar-refractivity contribution is 0.0734. The number of carbonyl (C=O) groups is 2. The number of rotatable bonds is 8. The predicted octanol–water partition coefficient (Wildman–Crippen LogP) is 8.84. The molecule has 0 aromatic heterocycles. The van der Waals surface area contributed by atoms with Gasteiger partial charge in [0.05, 0.1) is 5.56 Å². The molecule has 44 heavy (non-hydrogen) atoms. The Morgan fingerprint density at radius 3 is 1.27 bits per heavy atom. The number of phenols is 1. The van der Waals surface area contributed by atoms with Crippen LogP contribution >= 0.6 is 0 Å². The molecule has 0 atom stereocenters. The number of ether oxygens (including phenoxy) is 3. The number of carbonyl (C=O) groups excluding carboxylic acids is 2. The Bertz CT molecular complexity index is 1720. The van der Waals surface area contributed by atoms with Gasteiger partial charge in [0, 0.05) is 10.8 Å². The van der Waals surface area contributed by atoms with E-state index in [-0.39, 0.29) is 16.6 Å². The highest BCUT2D eigenvalue weighted by Gasteiger charge is 2.25. The number of esters is 1. The average Bonchev–Trinajstić information content (AvgIpc) is 3.02. The third-order valence-corrected chi connectivity index (χ3v) is 7.94. The van der Waals surface area contributed by atoms with Crippen molar-refractivity contribution < 1.29 is 28.9 Å². The molecule has 0 radical (unpaired) electrons. The second kappa shape index (κ2) is 12.5. The van der Waals surface area contributed by atoms with Gasteiger partial charge in [-0.2, -0.15) is 0 Å². The zero-order chi connectivity index (χ0) is 31.3. The molecule has 0 aliphatic carbocycles. The third kappa shape index (κ3) is 6.81. The van der Waals surface area contributed by atoms with Gasteiger partial charge in [0.2, 0.25) is 0 Å². The van der Waals surface area contributed by atoms with E-state index in [0.29, 0.717) is 22.8 Å². The maximum Gasteiger partial charge on any atom is 0.519 e. The molecule has 0 spiro atoms. The maximum atomic E-state index is 12.5. The van der Waals surface area contributed by atoms with E-state index >= 15 is 0 Å². The first-order chi connectivity index (χ1) is 21.0. The molecule has 5 aromatic rings. The SMILES string of the molecule is CC(C)(c1ccc(O)cc1)c1ccc(OC(=O)Oc2ccc(C(C)(C)c3ccc(C(=O)Oc4ccccc4)cc3)cc2)cc1. The molecule has 0 aliphatic heterocycles. The van der Waals surface area contributed by atoms with Crippen LogP contribution in [0.3, 0.4) is 0 Å². The molecule has 5 aromatic carbocycles. The monoisotopic (exact) mass is 586 g/mol. The van der Waals surface area contributed by atoms with Crippen LogP contribution in [0.15, 0.2) is 127 Å². The molecule has 0 heterocycles. The van der Waals surface area contributed by atoms with Crippen molar-refractivity contribution in [3.8, 4) is 23.0 Å². The summed E-state index contributed by atoms with van der Waals surface area (Å²) in [6, 6.07) is 38.0. The van der Waals surface area contributed by atoms with Crippen LogP contribution in [0, 0.1) is 0 Å². The number of para-hydroxylation sites is 1. The van der Waals surface area contributed by atoms with Crippen molar-refractivity contribution in [3.05, 3.63) is 155 Å². The Labute approximate surface area is 257 Å². The van der Waals surface area contributed by atoms with E-state index in [1.54, 1.807) is 60.7 Å². The van der Waals surface area contributed by atoms with Gasteiger partial charge in [-0.25, -0.2) is 9.59 Å². The van der Waals surface area contributed by atoms with E-state index in [4.69, 9.17) is 14.2 Å². The fourth-order valence-electron chi connectivity index (χ4n) is 4.98. The molecule has 6 nitrogen and oxygen atoms in total. The van der Waals surface area contributed by atoms with Gasteiger partial charge in [0.25, 0.3) is 0 Å². The minimum absolute atomic E-state index is 0.222. The molecule has 0 saturated carbocycles. The summed E-state index contributed by atoms with van der Waals surface area (Å²) in [6.45, 7) is 8.35. The zero-order valence-electron chi connectivity index (χ0n) is 25.1. The molecule has 0 aliphatic rings. The van der Waals surface area contributed by atoms with Crippen molar-refractivity contribution in [2.24, 2.45) is 0 Å². The van der Waals surface area contributed by atoms with Crippen LogP contribution in [-0.2, 0) is 10.8 Å². The number of benzene rings is 5. The van der Waals surface area contributed by atoms with Gasteiger partial charge in [-0.3, -0.25) is 0 Å². The van der Waals surface area contributed by atoms with Gasteiger partial charge < -0.3 is 19.3 Å². The zero-order valence-corrected chi connectivity index (χ0v) is 25.1. The fourth-order valence-corrected chi connectivity index (χ4v) is 4.98.